The Bertz CT molecular complexity index is 533. The van der Waals surface area contributed by atoms with Crippen molar-refractivity contribution in [3.63, 3.8) is 0 Å². The Hall–Kier alpha value is -1.88. The quantitative estimate of drug-likeness (QED) is 0.875. The molecule has 1 amide bonds. The van der Waals surface area contributed by atoms with Gasteiger partial charge in [0.2, 0.25) is 5.91 Å². The van der Waals surface area contributed by atoms with Gasteiger partial charge in [0.1, 0.15) is 6.54 Å². The van der Waals surface area contributed by atoms with Crippen LogP contribution in [0.5, 0.6) is 0 Å². The van der Waals surface area contributed by atoms with E-state index in [4.69, 9.17) is 5.11 Å². The second-order valence-electron chi connectivity index (χ2n) is 6.81. The molecule has 0 aliphatic heterocycles. The number of benzene rings is 1. The molecule has 0 spiro atoms. The fraction of sp³-hybridized carbons (Fsp3) is 0.529. The minimum absolute atomic E-state index is 0.158. The van der Waals surface area contributed by atoms with E-state index in [9.17, 15) is 9.59 Å². The van der Waals surface area contributed by atoms with Crippen molar-refractivity contribution >= 4 is 11.9 Å². The van der Waals surface area contributed by atoms with Gasteiger partial charge in [0.15, 0.2) is 0 Å². The largest absolute Gasteiger partial charge is 0.480 e. The topological polar surface area (TPSA) is 60.9 Å². The normalized spacial score (nSPS) is 11.5. The number of carbonyl (C=O) groups excluding carboxylic acids is 1. The van der Waals surface area contributed by atoms with Gasteiger partial charge in [0.25, 0.3) is 0 Å². The molecule has 0 radical (unpaired) electrons. The lowest BCUT2D eigenvalue weighted by molar-refractivity contribution is -0.148. The highest BCUT2D eigenvalue weighted by atomic mass is 16.4. The molecule has 5 heteroatoms. The number of hydrogen-bond acceptors (Lipinski definition) is 3. The van der Waals surface area contributed by atoms with E-state index in [-0.39, 0.29) is 12.5 Å². The molecule has 0 unspecified atom stereocenters. The van der Waals surface area contributed by atoms with Crippen molar-refractivity contribution < 1.29 is 14.7 Å². The van der Waals surface area contributed by atoms with Crippen molar-refractivity contribution in [3.8, 4) is 0 Å². The lowest BCUT2D eigenvalue weighted by Crippen LogP contribution is -2.42. The molecule has 0 aliphatic carbocycles. The van der Waals surface area contributed by atoms with Crippen molar-refractivity contribution in [2.24, 2.45) is 5.41 Å². The van der Waals surface area contributed by atoms with Crippen LogP contribution < -0.4 is 0 Å². The maximum atomic E-state index is 12.5. The molecule has 0 fully saturated rings. The first-order chi connectivity index (χ1) is 10.1. The highest BCUT2D eigenvalue weighted by molar-refractivity contribution is 5.85. The van der Waals surface area contributed by atoms with Gasteiger partial charge in [0.05, 0.1) is 0 Å². The third-order valence-electron chi connectivity index (χ3n) is 3.22. The van der Waals surface area contributed by atoms with Gasteiger partial charge < -0.3 is 14.9 Å². The van der Waals surface area contributed by atoms with Crippen LogP contribution in [-0.4, -0.2) is 47.4 Å². The molecule has 1 N–H and O–H groups in total. The van der Waals surface area contributed by atoms with Crippen LogP contribution in [-0.2, 0) is 22.7 Å². The first-order valence-electron chi connectivity index (χ1n) is 7.34. The Kier molecular flexibility index (Phi) is 6.11. The van der Waals surface area contributed by atoms with Crippen LogP contribution in [0.1, 0.15) is 31.9 Å². The number of carbonyl (C=O) groups is 2. The van der Waals surface area contributed by atoms with Crippen LogP contribution in [0.2, 0.25) is 0 Å². The van der Waals surface area contributed by atoms with E-state index in [1.807, 2.05) is 43.3 Å². The molecular weight excluding hydrogens is 280 g/mol. The van der Waals surface area contributed by atoms with E-state index in [2.05, 4.69) is 0 Å². The Morgan fingerprint density at radius 3 is 1.95 bits per heavy atom. The number of aliphatic carboxylic acids is 1. The molecule has 0 saturated heterocycles. The third kappa shape index (κ3) is 5.48. The molecule has 0 heterocycles. The molecular formula is C17H26N2O3. The van der Waals surface area contributed by atoms with E-state index < -0.39 is 11.4 Å². The summed E-state index contributed by atoms with van der Waals surface area (Å²) in [4.78, 5) is 27.0. The lowest BCUT2D eigenvalue weighted by Gasteiger charge is -2.29. The van der Waals surface area contributed by atoms with Crippen molar-refractivity contribution in [1.82, 2.24) is 9.80 Å². The van der Waals surface area contributed by atoms with Crippen molar-refractivity contribution in [2.75, 3.05) is 20.6 Å². The first-order valence-corrected chi connectivity index (χ1v) is 7.34. The highest BCUT2D eigenvalue weighted by Gasteiger charge is 2.29. The fourth-order valence-electron chi connectivity index (χ4n) is 2.25. The van der Waals surface area contributed by atoms with E-state index in [1.165, 1.54) is 4.90 Å². The van der Waals surface area contributed by atoms with Gasteiger partial charge >= 0.3 is 5.97 Å². The van der Waals surface area contributed by atoms with Crippen LogP contribution in [0.4, 0.5) is 0 Å². The number of rotatable bonds is 6. The maximum absolute atomic E-state index is 12.5. The maximum Gasteiger partial charge on any atom is 0.323 e. The Balaban J connectivity index is 3.04. The summed E-state index contributed by atoms with van der Waals surface area (Å²) in [7, 11) is 3.96. The SMILES string of the molecule is CN(C)Cc1ccccc1CN(CC(=O)O)C(=O)C(C)(C)C. The molecule has 1 aromatic rings. The second-order valence-corrected chi connectivity index (χ2v) is 6.81. The molecule has 5 nitrogen and oxygen atoms in total. The average molecular weight is 306 g/mol. The van der Waals surface area contributed by atoms with E-state index in [0.717, 1.165) is 17.7 Å². The van der Waals surface area contributed by atoms with E-state index >= 15 is 0 Å². The molecule has 1 aromatic carbocycles. The van der Waals surface area contributed by atoms with E-state index in [0.29, 0.717) is 6.54 Å². The summed E-state index contributed by atoms with van der Waals surface area (Å²) in [5, 5.41) is 9.09. The van der Waals surface area contributed by atoms with Crippen molar-refractivity contribution in [2.45, 2.75) is 33.9 Å². The van der Waals surface area contributed by atoms with Crippen LogP contribution in [0.15, 0.2) is 24.3 Å². The van der Waals surface area contributed by atoms with Crippen LogP contribution in [0.25, 0.3) is 0 Å². The number of carboxylic acid groups (broad SMARTS) is 1. The fourth-order valence-corrected chi connectivity index (χ4v) is 2.25. The molecule has 0 bridgehead atoms. The monoisotopic (exact) mass is 306 g/mol. The Morgan fingerprint density at radius 2 is 1.55 bits per heavy atom. The number of nitrogens with zero attached hydrogens (tertiary/aromatic N) is 2. The zero-order chi connectivity index (χ0) is 16.9. The summed E-state index contributed by atoms with van der Waals surface area (Å²) in [6.07, 6.45) is 0. The summed E-state index contributed by atoms with van der Waals surface area (Å²) >= 11 is 0. The average Bonchev–Trinajstić information content (AvgIpc) is 2.37. The van der Waals surface area contributed by atoms with Crippen LogP contribution in [0, 0.1) is 5.41 Å². The van der Waals surface area contributed by atoms with Gasteiger partial charge in [-0.3, -0.25) is 9.59 Å². The molecule has 122 valence electrons. The second kappa shape index (κ2) is 7.40. The lowest BCUT2D eigenvalue weighted by atomic mass is 9.94. The summed E-state index contributed by atoms with van der Waals surface area (Å²) in [6.45, 7) is 6.18. The first kappa shape index (κ1) is 18.2. The molecule has 0 aromatic heterocycles. The standard InChI is InChI=1S/C17H26N2O3/c1-17(2,3)16(22)19(12-15(20)21)11-14-9-7-6-8-13(14)10-18(4)5/h6-9H,10-12H2,1-5H3,(H,20,21). The molecule has 0 atom stereocenters. The van der Waals surface area contributed by atoms with Gasteiger partial charge in [-0.15, -0.1) is 0 Å². The molecule has 0 aliphatic rings. The zero-order valence-electron chi connectivity index (χ0n) is 14.1. The van der Waals surface area contributed by atoms with Gasteiger partial charge in [-0.05, 0) is 25.2 Å². The molecule has 0 saturated carbocycles. The summed E-state index contributed by atoms with van der Waals surface area (Å²) in [5.74, 6) is -1.16. The van der Waals surface area contributed by atoms with Gasteiger partial charge in [-0.2, -0.15) is 0 Å². The van der Waals surface area contributed by atoms with Gasteiger partial charge in [0, 0.05) is 18.5 Å². The molecule has 22 heavy (non-hydrogen) atoms. The van der Waals surface area contributed by atoms with E-state index in [1.54, 1.807) is 20.8 Å². The van der Waals surface area contributed by atoms with Gasteiger partial charge in [-0.1, -0.05) is 45.0 Å². The highest BCUT2D eigenvalue weighted by Crippen LogP contribution is 2.20. The number of amides is 1. The van der Waals surface area contributed by atoms with Crippen molar-refractivity contribution in [3.05, 3.63) is 35.4 Å². The third-order valence-corrected chi connectivity index (χ3v) is 3.22. The van der Waals surface area contributed by atoms with Crippen LogP contribution in [0.3, 0.4) is 0 Å². The summed E-state index contributed by atoms with van der Waals surface area (Å²) in [6, 6.07) is 7.82. The Morgan fingerprint density at radius 1 is 1.05 bits per heavy atom. The minimum atomic E-state index is -0.998. The molecule has 1 rings (SSSR count). The van der Waals surface area contributed by atoms with Crippen LogP contribution >= 0.6 is 0 Å². The predicted molar refractivity (Wildman–Crippen MR) is 86.3 cm³/mol. The van der Waals surface area contributed by atoms with Crippen molar-refractivity contribution in [1.29, 1.82) is 0 Å². The minimum Gasteiger partial charge on any atom is -0.480 e. The van der Waals surface area contributed by atoms with Gasteiger partial charge in [-0.25, -0.2) is 0 Å². The summed E-state index contributed by atoms with van der Waals surface area (Å²) < 4.78 is 0. The predicted octanol–water partition coefficient (Wildman–Crippen LogP) is 2.21. The zero-order valence-corrected chi connectivity index (χ0v) is 14.1. The smallest absolute Gasteiger partial charge is 0.323 e. The number of carboxylic acids is 1. The number of hydrogen-bond donors (Lipinski definition) is 1. The summed E-state index contributed by atoms with van der Waals surface area (Å²) in [5.41, 5.74) is 1.48. The Labute approximate surface area is 132 Å².